The first-order valence-electron chi connectivity index (χ1n) is 5.66. The molecule has 0 atom stereocenters. The van der Waals surface area contributed by atoms with Gasteiger partial charge < -0.3 is 14.5 Å². The molecular weight excluding hydrogens is 374 g/mol. The number of nitrogens with one attached hydrogen (secondary N) is 1. The minimum atomic E-state index is 0.815. The summed E-state index contributed by atoms with van der Waals surface area (Å²) >= 11 is 7.00. The van der Waals surface area contributed by atoms with E-state index in [0.29, 0.717) is 0 Å². The molecule has 0 radical (unpaired) electrons. The van der Waals surface area contributed by atoms with Crippen molar-refractivity contribution in [2.45, 2.75) is 0 Å². The van der Waals surface area contributed by atoms with Crippen LogP contribution < -0.4 is 9.47 Å². The second-order valence-electron chi connectivity index (χ2n) is 4.19. The summed E-state index contributed by atoms with van der Waals surface area (Å²) in [5.41, 5.74) is 2.12. The number of hydrogen-bond donors (Lipinski definition) is 1. The monoisotopic (exact) mass is 383 g/mol. The number of rotatable bonds is 2. The van der Waals surface area contributed by atoms with Crippen molar-refractivity contribution >= 4 is 53.7 Å². The molecule has 0 aliphatic rings. The summed E-state index contributed by atoms with van der Waals surface area (Å²) in [6.07, 6.45) is 0. The molecule has 0 bridgehead atoms. The van der Waals surface area contributed by atoms with Crippen LogP contribution in [0.4, 0.5) is 0 Å². The number of hydrogen-bond acceptors (Lipinski definition) is 2. The maximum Gasteiger partial charge on any atom is 0.133 e. The average Bonchev–Trinajstić information content (AvgIpc) is 2.72. The fourth-order valence-corrected chi connectivity index (χ4v) is 3.23. The smallest absolute Gasteiger partial charge is 0.133 e. The summed E-state index contributed by atoms with van der Waals surface area (Å²) in [5, 5.41) is 2.22. The van der Waals surface area contributed by atoms with Gasteiger partial charge in [0.2, 0.25) is 0 Å². The molecule has 0 amide bonds. The quantitative estimate of drug-likeness (QED) is 0.684. The van der Waals surface area contributed by atoms with Crippen molar-refractivity contribution in [2.24, 2.45) is 0 Å². The average molecular weight is 385 g/mol. The van der Waals surface area contributed by atoms with Gasteiger partial charge >= 0.3 is 0 Å². The van der Waals surface area contributed by atoms with Gasteiger partial charge in [-0.3, -0.25) is 0 Å². The highest BCUT2D eigenvalue weighted by atomic mass is 79.9. The molecule has 5 heteroatoms. The van der Waals surface area contributed by atoms with Gasteiger partial charge in [-0.25, -0.2) is 0 Å². The molecule has 3 rings (SSSR count). The van der Waals surface area contributed by atoms with Crippen LogP contribution in [0.15, 0.2) is 33.2 Å². The summed E-state index contributed by atoms with van der Waals surface area (Å²) in [5.74, 6) is 1.63. The molecule has 3 nitrogen and oxygen atoms in total. The van der Waals surface area contributed by atoms with Crippen LogP contribution in [0.25, 0.3) is 21.8 Å². The van der Waals surface area contributed by atoms with Crippen LogP contribution in [0, 0.1) is 0 Å². The standard InChI is InChI=1S/C14H11Br2NO2/c1-18-13-3-7-8-4-14(19-2)10(16)6-12(8)17-11(7)5-9(13)15/h3-6,17H,1-2H3. The number of benzene rings is 2. The van der Waals surface area contributed by atoms with Crippen LogP contribution >= 0.6 is 31.9 Å². The lowest BCUT2D eigenvalue weighted by Gasteiger charge is -2.04. The second-order valence-corrected chi connectivity index (χ2v) is 5.90. The number of aromatic amines is 1. The van der Waals surface area contributed by atoms with E-state index in [4.69, 9.17) is 9.47 Å². The first-order chi connectivity index (χ1) is 9.13. The Labute approximate surface area is 127 Å². The van der Waals surface area contributed by atoms with E-state index in [9.17, 15) is 0 Å². The highest BCUT2D eigenvalue weighted by Gasteiger charge is 2.11. The molecule has 0 aliphatic carbocycles. The molecule has 0 unspecified atom stereocenters. The lowest BCUT2D eigenvalue weighted by atomic mass is 10.1. The second kappa shape index (κ2) is 4.72. The summed E-state index contributed by atoms with van der Waals surface area (Å²) < 4.78 is 12.6. The molecule has 0 saturated carbocycles. The molecule has 19 heavy (non-hydrogen) atoms. The van der Waals surface area contributed by atoms with E-state index in [1.54, 1.807) is 14.2 Å². The molecule has 1 heterocycles. The number of fused-ring (bicyclic) bond motifs is 3. The molecule has 3 aromatic rings. The fourth-order valence-electron chi connectivity index (χ4n) is 2.22. The lowest BCUT2D eigenvalue weighted by Crippen LogP contribution is -1.84. The van der Waals surface area contributed by atoms with E-state index in [0.717, 1.165) is 42.3 Å². The first kappa shape index (κ1) is 12.8. The maximum atomic E-state index is 5.35. The van der Waals surface area contributed by atoms with Crippen LogP contribution in [-0.2, 0) is 0 Å². The predicted molar refractivity (Wildman–Crippen MR) is 84.3 cm³/mol. The largest absolute Gasteiger partial charge is 0.496 e. The summed E-state index contributed by atoms with van der Waals surface area (Å²) in [4.78, 5) is 3.39. The minimum Gasteiger partial charge on any atom is -0.496 e. The summed E-state index contributed by atoms with van der Waals surface area (Å²) in [7, 11) is 3.33. The third kappa shape index (κ3) is 2.01. The summed E-state index contributed by atoms with van der Waals surface area (Å²) in [6, 6.07) is 8.08. The van der Waals surface area contributed by atoms with Crippen LogP contribution in [-0.4, -0.2) is 19.2 Å². The van der Waals surface area contributed by atoms with Gasteiger partial charge in [-0.1, -0.05) is 0 Å². The van der Waals surface area contributed by atoms with Crippen molar-refractivity contribution in [3.8, 4) is 11.5 Å². The van der Waals surface area contributed by atoms with E-state index in [-0.39, 0.29) is 0 Å². The molecule has 1 N–H and O–H groups in total. The topological polar surface area (TPSA) is 34.2 Å². The zero-order chi connectivity index (χ0) is 13.6. The Morgan fingerprint density at radius 1 is 0.789 bits per heavy atom. The SMILES string of the molecule is COc1cc2c(cc1Br)[nH]c1cc(Br)c(OC)cc12. The van der Waals surface area contributed by atoms with E-state index in [1.165, 1.54) is 0 Å². The van der Waals surface area contributed by atoms with Gasteiger partial charge in [-0.2, -0.15) is 0 Å². The van der Waals surface area contributed by atoms with Gasteiger partial charge in [-0.05, 0) is 56.1 Å². The number of methoxy groups -OCH3 is 2. The number of aromatic nitrogens is 1. The minimum absolute atomic E-state index is 0.815. The van der Waals surface area contributed by atoms with Crippen molar-refractivity contribution in [3.05, 3.63) is 33.2 Å². The van der Waals surface area contributed by atoms with E-state index < -0.39 is 0 Å². The molecule has 0 aliphatic heterocycles. The van der Waals surface area contributed by atoms with E-state index in [1.807, 2.05) is 24.3 Å². The van der Waals surface area contributed by atoms with Crippen LogP contribution in [0.1, 0.15) is 0 Å². The zero-order valence-electron chi connectivity index (χ0n) is 10.4. The Balaban J connectivity index is 2.41. The molecule has 2 aromatic carbocycles. The third-order valence-electron chi connectivity index (χ3n) is 3.14. The molecule has 0 saturated heterocycles. The van der Waals surface area contributed by atoms with Gasteiger partial charge in [0.15, 0.2) is 0 Å². The normalized spacial score (nSPS) is 11.2. The van der Waals surface area contributed by atoms with Crippen LogP contribution in [0.3, 0.4) is 0 Å². The zero-order valence-corrected chi connectivity index (χ0v) is 13.6. The Hall–Kier alpha value is -1.20. The molecular formula is C14H11Br2NO2. The van der Waals surface area contributed by atoms with Crippen LogP contribution in [0.5, 0.6) is 11.5 Å². The molecule has 0 fully saturated rings. The van der Waals surface area contributed by atoms with E-state index in [2.05, 4.69) is 36.8 Å². The molecule has 0 spiro atoms. The Kier molecular flexibility index (Phi) is 3.19. The summed E-state index contributed by atoms with van der Waals surface area (Å²) in [6.45, 7) is 0. The van der Waals surface area contributed by atoms with Gasteiger partial charge in [-0.15, -0.1) is 0 Å². The van der Waals surface area contributed by atoms with E-state index >= 15 is 0 Å². The highest BCUT2D eigenvalue weighted by Crippen LogP contribution is 2.37. The number of halogens is 2. The third-order valence-corrected chi connectivity index (χ3v) is 4.38. The number of ether oxygens (including phenoxy) is 2. The van der Waals surface area contributed by atoms with Gasteiger partial charge in [0.25, 0.3) is 0 Å². The predicted octanol–water partition coefficient (Wildman–Crippen LogP) is 4.86. The van der Waals surface area contributed by atoms with Crippen molar-refractivity contribution in [1.29, 1.82) is 0 Å². The van der Waals surface area contributed by atoms with Gasteiger partial charge in [0.05, 0.1) is 23.2 Å². The van der Waals surface area contributed by atoms with Crippen molar-refractivity contribution in [3.63, 3.8) is 0 Å². The lowest BCUT2D eigenvalue weighted by molar-refractivity contribution is 0.412. The number of H-pyrrole nitrogens is 1. The first-order valence-corrected chi connectivity index (χ1v) is 7.25. The van der Waals surface area contributed by atoms with Crippen LogP contribution in [0.2, 0.25) is 0 Å². The Morgan fingerprint density at radius 3 is 1.58 bits per heavy atom. The Morgan fingerprint density at radius 2 is 1.21 bits per heavy atom. The van der Waals surface area contributed by atoms with Gasteiger partial charge in [0.1, 0.15) is 11.5 Å². The van der Waals surface area contributed by atoms with Crippen molar-refractivity contribution in [1.82, 2.24) is 4.98 Å². The van der Waals surface area contributed by atoms with Crippen molar-refractivity contribution < 1.29 is 9.47 Å². The molecule has 1 aromatic heterocycles. The molecule has 98 valence electrons. The highest BCUT2D eigenvalue weighted by molar-refractivity contribution is 9.11. The van der Waals surface area contributed by atoms with Gasteiger partial charge in [0, 0.05) is 21.8 Å². The Bertz CT molecular complexity index is 716. The maximum absolute atomic E-state index is 5.35. The van der Waals surface area contributed by atoms with Crippen molar-refractivity contribution in [2.75, 3.05) is 14.2 Å². The fraction of sp³-hybridized carbons (Fsp3) is 0.143.